The molecule has 1 aliphatic rings. The number of hydrogen-bond acceptors (Lipinski definition) is 4. The lowest BCUT2D eigenvalue weighted by Crippen LogP contribution is -2.46. The molecule has 1 aliphatic heterocycles. The van der Waals surface area contributed by atoms with Gasteiger partial charge in [-0.15, -0.1) is 0 Å². The molecule has 2 aromatic carbocycles. The number of nitrogens with zero attached hydrogens (tertiary/aromatic N) is 1. The van der Waals surface area contributed by atoms with Crippen molar-refractivity contribution in [2.24, 2.45) is 5.92 Å². The van der Waals surface area contributed by atoms with Crippen molar-refractivity contribution < 1.29 is 18.7 Å². The minimum atomic E-state index is -0.282. The largest absolute Gasteiger partial charge is 0.497 e. The Labute approximate surface area is 181 Å². The summed E-state index contributed by atoms with van der Waals surface area (Å²) in [6, 6.07) is 20.7. The van der Waals surface area contributed by atoms with Crippen LogP contribution in [-0.2, 0) is 4.79 Å². The van der Waals surface area contributed by atoms with Gasteiger partial charge in [0.2, 0.25) is 5.91 Å². The Bertz CT molecular complexity index is 1000. The number of carbonyl (C=O) groups excluding carboxylic acids is 2. The van der Waals surface area contributed by atoms with Gasteiger partial charge < -0.3 is 19.4 Å². The van der Waals surface area contributed by atoms with Gasteiger partial charge in [-0.05, 0) is 48.2 Å². The maximum atomic E-state index is 13.2. The van der Waals surface area contributed by atoms with Crippen LogP contribution in [0, 0.1) is 5.92 Å². The summed E-state index contributed by atoms with van der Waals surface area (Å²) in [5, 5.41) is 3.21. The van der Waals surface area contributed by atoms with Gasteiger partial charge >= 0.3 is 0 Å². The first-order valence-electron chi connectivity index (χ1n) is 10.5. The summed E-state index contributed by atoms with van der Waals surface area (Å²) in [5.41, 5.74) is 1.97. The summed E-state index contributed by atoms with van der Waals surface area (Å²) in [5.74, 6) is 0.582. The smallest absolute Gasteiger partial charge is 0.289 e. The summed E-state index contributed by atoms with van der Waals surface area (Å²) < 4.78 is 10.5. The predicted molar refractivity (Wildman–Crippen MR) is 117 cm³/mol. The highest BCUT2D eigenvalue weighted by atomic mass is 16.5. The molecule has 2 atom stereocenters. The van der Waals surface area contributed by atoms with Crippen LogP contribution in [0.15, 0.2) is 77.4 Å². The molecule has 2 amide bonds. The average Bonchev–Trinajstić information content (AvgIpc) is 3.38. The molecular weight excluding hydrogens is 392 g/mol. The molecule has 0 aliphatic carbocycles. The molecule has 4 rings (SSSR count). The number of benzene rings is 2. The van der Waals surface area contributed by atoms with Crippen molar-refractivity contribution in [2.75, 3.05) is 20.2 Å². The molecule has 1 saturated heterocycles. The van der Waals surface area contributed by atoms with Gasteiger partial charge in [-0.2, -0.15) is 0 Å². The van der Waals surface area contributed by atoms with Crippen molar-refractivity contribution in [1.82, 2.24) is 10.2 Å². The monoisotopic (exact) mass is 418 g/mol. The summed E-state index contributed by atoms with van der Waals surface area (Å²) in [6.07, 6.45) is 3.02. The first-order chi connectivity index (χ1) is 15.2. The molecule has 0 spiro atoms. The number of piperidine rings is 1. The molecule has 1 aromatic heterocycles. The summed E-state index contributed by atoms with van der Waals surface area (Å²) in [7, 11) is 1.63. The number of methoxy groups -OCH3 is 1. The third-order valence-electron chi connectivity index (χ3n) is 5.68. The standard InChI is InChI=1S/C25H26N2O4/c1-30-21-13-11-19(12-14-21)23(18-7-3-2-4-8-18)26-24(28)20-9-5-15-27(17-20)25(29)22-10-6-16-31-22/h2-4,6-8,10-14,16,20,23H,5,9,15,17H2,1H3,(H,26,28)/t20-,23+/m1/s1. The van der Waals surface area contributed by atoms with E-state index in [0.29, 0.717) is 18.8 Å². The Kier molecular flexibility index (Phi) is 6.36. The van der Waals surface area contributed by atoms with Gasteiger partial charge in [0.15, 0.2) is 5.76 Å². The number of furan rings is 1. The second kappa shape index (κ2) is 9.51. The zero-order chi connectivity index (χ0) is 21.6. The molecule has 2 heterocycles. The van der Waals surface area contributed by atoms with Crippen LogP contribution in [0.2, 0.25) is 0 Å². The second-order valence-corrected chi connectivity index (χ2v) is 7.69. The van der Waals surface area contributed by atoms with Crippen LogP contribution >= 0.6 is 0 Å². The minimum Gasteiger partial charge on any atom is -0.497 e. The van der Waals surface area contributed by atoms with E-state index in [4.69, 9.17) is 9.15 Å². The van der Waals surface area contributed by atoms with E-state index in [1.54, 1.807) is 24.1 Å². The number of ether oxygens (including phenoxy) is 1. The van der Waals surface area contributed by atoms with Gasteiger partial charge in [0.05, 0.1) is 25.3 Å². The normalized spacial score (nSPS) is 17.1. The van der Waals surface area contributed by atoms with E-state index in [9.17, 15) is 9.59 Å². The zero-order valence-electron chi connectivity index (χ0n) is 17.5. The average molecular weight is 418 g/mol. The van der Waals surface area contributed by atoms with Crippen LogP contribution in [0.3, 0.4) is 0 Å². The number of hydrogen-bond donors (Lipinski definition) is 1. The summed E-state index contributed by atoms with van der Waals surface area (Å²) in [6.45, 7) is 1.01. The van der Waals surface area contributed by atoms with Gasteiger partial charge in [0, 0.05) is 13.1 Å². The molecule has 160 valence electrons. The van der Waals surface area contributed by atoms with E-state index in [1.807, 2.05) is 54.6 Å². The van der Waals surface area contributed by atoms with Gasteiger partial charge in [-0.25, -0.2) is 0 Å². The Morgan fingerprint density at radius 3 is 2.45 bits per heavy atom. The van der Waals surface area contributed by atoms with E-state index in [2.05, 4.69) is 5.32 Å². The van der Waals surface area contributed by atoms with Crippen LogP contribution in [0.4, 0.5) is 0 Å². The van der Waals surface area contributed by atoms with Crippen molar-refractivity contribution in [2.45, 2.75) is 18.9 Å². The Morgan fingerprint density at radius 2 is 1.77 bits per heavy atom. The third-order valence-corrected chi connectivity index (χ3v) is 5.68. The highest BCUT2D eigenvalue weighted by Gasteiger charge is 2.31. The van der Waals surface area contributed by atoms with Gasteiger partial charge in [0.1, 0.15) is 5.75 Å². The molecule has 1 N–H and O–H groups in total. The van der Waals surface area contributed by atoms with E-state index in [1.165, 1.54) is 6.26 Å². The number of nitrogens with one attached hydrogen (secondary N) is 1. The van der Waals surface area contributed by atoms with Crippen LogP contribution in [0.5, 0.6) is 5.75 Å². The van der Waals surface area contributed by atoms with Gasteiger partial charge in [-0.1, -0.05) is 42.5 Å². The van der Waals surface area contributed by atoms with E-state index in [0.717, 1.165) is 29.7 Å². The Balaban J connectivity index is 1.51. The van der Waals surface area contributed by atoms with E-state index in [-0.39, 0.29) is 23.8 Å². The van der Waals surface area contributed by atoms with Crippen LogP contribution in [0.25, 0.3) is 0 Å². The molecule has 6 heteroatoms. The minimum absolute atomic E-state index is 0.0541. The number of carbonyl (C=O) groups is 2. The van der Waals surface area contributed by atoms with Crippen molar-refractivity contribution in [1.29, 1.82) is 0 Å². The summed E-state index contributed by atoms with van der Waals surface area (Å²) in [4.78, 5) is 27.6. The first kappa shape index (κ1) is 20.7. The fourth-order valence-corrected chi connectivity index (χ4v) is 3.99. The van der Waals surface area contributed by atoms with Crippen LogP contribution in [0.1, 0.15) is 40.6 Å². The SMILES string of the molecule is COc1ccc([C@@H](NC(=O)[C@@H]2CCCN(C(=O)c3ccco3)C2)c2ccccc2)cc1. The van der Waals surface area contributed by atoms with Crippen molar-refractivity contribution in [3.63, 3.8) is 0 Å². The molecule has 0 saturated carbocycles. The molecule has 3 aromatic rings. The van der Waals surface area contributed by atoms with Gasteiger partial charge in [-0.3, -0.25) is 9.59 Å². The predicted octanol–water partition coefficient (Wildman–Crippen LogP) is 4.05. The fourth-order valence-electron chi connectivity index (χ4n) is 3.99. The van der Waals surface area contributed by atoms with Gasteiger partial charge in [0.25, 0.3) is 5.91 Å². The molecule has 31 heavy (non-hydrogen) atoms. The van der Waals surface area contributed by atoms with E-state index >= 15 is 0 Å². The van der Waals surface area contributed by atoms with Crippen molar-refractivity contribution in [3.05, 3.63) is 89.9 Å². The van der Waals surface area contributed by atoms with Crippen LogP contribution in [-0.4, -0.2) is 36.9 Å². The maximum Gasteiger partial charge on any atom is 0.289 e. The lowest BCUT2D eigenvalue weighted by Gasteiger charge is -2.32. The van der Waals surface area contributed by atoms with Crippen molar-refractivity contribution >= 4 is 11.8 Å². The quantitative estimate of drug-likeness (QED) is 0.656. The number of rotatable bonds is 6. The zero-order valence-corrected chi connectivity index (χ0v) is 17.5. The molecule has 6 nitrogen and oxygen atoms in total. The molecular formula is C25H26N2O4. The maximum absolute atomic E-state index is 13.2. The Morgan fingerprint density at radius 1 is 1.03 bits per heavy atom. The number of amides is 2. The third kappa shape index (κ3) is 4.79. The molecule has 0 bridgehead atoms. The second-order valence-electron chi connectivity index (χ2n) is 7.69. The number of likely N-dealkylation sites (tertiary alicyclic amines) is 1. The summed E-state index contributed by atoms with van der Waals surface area (Å²) >= 11 is 0. The highest BCUT2D eigenvalue weighted by molar-refractivity contribution is 5.92. The topological polar surface area (TPSA) is 71.8 Å². The lowest BCUT2D eigenvalue weighted by molar-refractivity contribution is -0.126. The lowest BCUT2D eigenvalue weighted by atomic mass is 9.94. The van der Waals surface area contributed by atoms with E-state index < -0.39 is 0 Å². The Hall–Kier alpha value is -3.54. The fraction of sp³-hybridized carbons (Fsp3) is 0.280. The molecule has 0 radical (unpaired) electrons. The molecule has 0 unspecified atom stereocenters. The first-order valence-corrected chi connectivity index (χ1v) is 10.5. The van der Waals surface area contributed by atoms with Crippen LogP contribution < -0.4 is 10.1 Å². The molecule has 1 fully saturated rings. The van der Waals surface area contributed by atoms with Crippen molar-refractivity contribution in [3.8, 4) is 5.75 Å². The highest BCUT2D eigenvalue weighted by Crippen LogP contribution is 2.26.